The summed E-state index contributed by atoms with van der Waals surface area (Å²) in [7, 11) is 3.93. The summed E-state index contributed by atoms with van der Waals surface area (Å²) in [6, 6.07) is 12.3. The Hall–Kier alpha value is -3.42. The summed E-state index contributed by atoms with van der Waals surface area (Å²) in [5, 5.41) is 14.5. The van der Waals surface area contributed by atoms with Gasteiger partial charge in [0.2, 0.25) is 5.91 Å². The SMILES string of the molecule is CN(C(=O)Cc1cn(C)c2ccccc12)C1CN(c2ccc3nnc(C(C)(C)C)n3n2)C1. The largest absolute Gasteiger partial charge is 0.351 e. The van der Waals surface area contributed by atoms with E-state index in [1.165, 1.54) is 0 Å². The predicted octanol–water partition coefficient (Wildman–Crippen LogP) is 2.80. The molecule has 0 atom stereocenters. The molecule has 1 aromatic carbocycles. The van der Waals surface area contributed by atoms with E-state index in [9.17, 15) is 4.79 Å². The molecule has 1 aliphatic heterocycles. The Bertz CT molecular complexity index is 1310. The monoisotopic (exact) mass is 431 g/mol. The lowest BCUT2D eigenvalue weighted by Gasteiger charge is -2.44. The van der Waals surface area contributed by atoms with Crippen LogP contribution in [0.15, 0.2) is 42.6 Å². The maximum absolute atomic E-state index is 13.0. The number of benzene rings is 1. The van der Waals surface area contributed by atoms with Crippen molar-refractivity contribution in [3.05, 3.63) is 54.0 Å². The van der Waals surface area contributed by atoms with E-state index >= 15 is 0 Å². The highest BCUT2D eigenvalue weighted by Gasteiger charge is 2.34. The first-order valence-electron chi connectivity index (χ1n) is 11.0. The Morgan fingerprint density at radius 3 is 2.62 bits per heavy atom. The fourth-order valence-electron chi connectivity index (χ4n) is 4.36. The van der Waals surface area contributed by atoms with Crippen LogP contribution in [0.2, 0.25) is 0 Å². The zero-order valence-electron chi connectivity index (χ0n) is 19.3. The van der Waals surface area contributed by atoms with Crippen molar-refractivity contribution in [1.29, 1.82) is 0 Å². The predicted molar refractivity (Wildman–Crippen MR) is 125 cm³/mol. The van der Waals surface area contributed by atoms with Gasteiger partial charge in [-0.25, -0.2) is 0 Å². The van der Waals surface area contributed by atoms with Crippen molar-refractivity contribution >= 4 is 28.3 Å². The standard InChI is InChI=1S/C24H29N7O/c1-24(2,3)23-26-25-20-10-11-21(27-31(20)23)30-14-17(15-30)29(5)22(32)12-16-13-28(4)19-9-7-6-8-18(16)19/h6-11,13,17H,12,14-15H2,1-5H3. The van der Waals surface area contributed by atoms with E-state index in [2.05, 4.69) is 58.8 Å². The number of hydrogen-bond acceptors (Lipinski definition) is 5. The van der Waals surface area contributed by atoms with Gasteiger partial charge in [-0.1, -0.05) is 39.0 Å². The summed E-state index contributed by atoms with van der Waals surface area (Å²) in [5.74, 6) is 1.87. The number of para-hydroxylation sites is 1. The molecular formula is C24H29N7O. The zero-order valence-corrected chi connectivity index (χ0v) is 19.3. The molecule has 5 rings (SSSR count). The van der Waals surface area contributed by atoms with Crippen LogP contribution in [0.4, 0.5) is 5.82 Å². The summed E-state index contributed by atoms with van der Waals surface area (Å²) in [5.41, 5.74) is 2.83. The van der Waals surface area contributed by atoms with Crippen LogP contribution in [0.25, 0.3) is 16.6 Å². The summed E-state index contributed by atoms with van der Waals surface area (Å²) in [6.07, 6.45) is 2.47. The molecule has 32 heavy (non-hydrogen) atoms. The van der Waals surface area contributed by atoms with E-state index < -0.39 is 0 Å². The number of anilines is 1. The number of amides is 1. The second-order valence-corrected chi connectivity index (χ2v) is 9.76. The molecule has 1 aliphatic rings. The quantitative estimate of drug-likeness (QED) is 0.497. The molecular weight excluding hydrogens is 402 g/mol. The molecule has 0 unspecified atom stereocenters. The van der Waals surface area contributed by atoms with Crippen molar-refractivity contribution in [2.45, 2.75) is 38.6 Å². The Morgan fingerprint density at radius 1 is 1.12 bits per heavy atom. The number of rotatable bonds is 4. The maximum Gasteiger partial charge on any atom is 0.227 e. The number of carbonyl (C=O) groups excluding carboxylic acids is 1. The second-order valence-electron chi connectivity index (χ2n) is 9.76. The van der Waals surface area contributed by atoms with Crippen LogP contribution in [-0.4, -0.2) is 61.4 Å². The highest BCUT2D eigenvalue weighted by Crippen LogP contribution is 2.26. The topological polar surface area (TPSA) is 71.6 Å². The van der Waals surface area contributed by atoms with Gasteiger partial charge in [0.15, 0.2) is 11.5 Å². The minimum atomic E-state index is -0.142. The van der Waals surface area contributed by atoms with Crippen LogP contribution in [0, 0.1) is 0 Å². The highest BCUT2D eigenvalue weighted by atomic mass is 16.2. The molecule has 0 spiro atoms. The fraction of sp³-hybridized carbons (Fsp3) is 0.417. The molecule has 0 bridgehead atoms. The highest BCUT2D eigenvalue weighted by molar-refractivity contribution is 5.89. The number of carbonyl (C=O) groups is 1. The molecule has 1 fully saturated rings. The summed E-state index contributed by atoms with van der Waals surface area (Å²) in [6.45, 7) is 7.85. The van der Waals surface area contributed by atoms with Crippen LogP contribution in [-0.2, 0) is 23.7 Å². The summed E-state index contributed by atoms with van der Waals surface area (Å²) < 4.78 is 3.92. The Kier molecular flexibility index (Phi) is 4.69. The molecule has 8 nitrogen and oxygen atoms in total. The smallest absolute Gasteiger partial charge is 0.227 e. The Morgan fingerprint density at radius 2 is 1.88 bits per heavy atom. The second kappa shape index (κ2) is 7.32. The number of hydrogen-bond donors (Lipinski definition) is 0. The lowest BCUT2D eigenvalue weighted by atomic mass is 9.96. The van der Waals surface area contributed by atoms with Gasteiger partial charge < -0.3 is 14.4 Å². The van der Waals surface area contributed by atoms with Gasteiger partial charge in [0.05, 0.1) is 12.5 Å². The van der Waals surface area contributed by atoms with Crippen molar-refractivity contribution in [3.8, 4) is 0 Å². The zero-order chi connectivity index (χ0) is 22.6. The van der Waals surface area contributed by atoms with Crippen LogP contribution in [0.5, 0.6) is 0 Å². The van der Waals surface area contributed by atoms with Crippen LogP contribution in [0.1, 0.15) is 32.2 Å². The molecule has 166 valence electrons. The lowest BCUT2D eigenvalue weighted by molar-refractivity contribution is -0.131. The number of likely N-dealkylation sites (N-methyl/N-ethyl adjacent to an activating group) is 1. The maximum atomic E-state index is 13.0. The van der Waals surface area contributed by atoms with Crippen LogP contribution in [0.3, 0.4) is 0 Å². The fourth-order valence-corrected chi connectivity index (χ4v) is 4.36. The third kappa shape index (κ3) is 3.39. The number of fused-ring (bicyclic) bond motifs is 2. The summed E-state index contributed by atoms with van der Waals surface area (Å²) in [4.78, 5) is 17.1. The first-order valence-corrected chi connectivity index (χ1v) is 11.0. The molecule has 0 saturated carbocycles. The normalized spacial score (nSPS) is 14.8. The van der Waals surface area contributed by atoms with Crippen molar-refractivity contribution in [2.75, 3.05) is 25.0 Å². The third-order valence-electron chi connectivity index (χ3n) is 6.37. The Balaban J connectivity index is 1.27. The lowest BCUT2D eigenvalue weighted by Crippen LogP contribution is -2.60. The first kappa shape index (κ1) is 20.5. The Labute approximate surface area is 187 Å². The molecule has 0 aliphatic carbocycles. The van der Waals surface area contributed by atoms with E-state index in [4.69, 9.17) is 5.10 Å². The van der Waals surface area contributed by atoms with E-state index in [-0.39, 0.29) is 17.4 Å². The van der Waals surface area contributed by atoms with Gasteiger partial charge in [0.1, 0.15) is 5.82 Å². The number of aromatic nitrogens is 5. The van der Waals surface area contributed by atoms with Crippen molar-refractivity contribution < 1.29 is 4.79 Å². The van der Waals surface area contributed by atoms with Crippen LogP contribution < -0.4 is 4.90 Å². The molecule has 1 saturated heterocycles. The molecule has 3 aromatic heterocycles. The van der Waals surface area contributed by atoms with Gasteiger partial charge >= 0.3 is 0 Å². The van der Waals surface area contributed by atoms with Gasteiger partial charge in [-0.3, -0.25) is 4.79 Å². The average Bonchev–Trinajstić information content (AvgIpc) is 3.28. The first-order chi connectivity index (χ1) is 15.2. The van der Waals surface area contributed by atoms with Gasteiger partial charge in [-0.15, -0.1) is 15.3 Å². The molecule has 0 radical (unpaired) electrons. The minimum absolute atomic E-state index is 0.142. The average molecular weight is 432 g/mol. The van der Waals surface area contributed by atoms with Crippen molar-refractivity contribution in [2.24, 2.45) is 7.05 Å². The summed E-state index contributed by atoms with van der Waals surface area (Å²) >= 11 is 0. The van der Waals surface area contributed by atoms with Crippen LogP contribution >= 0.6 is 0 Å². The van der Waals surface area contributed by atoms with Gasteiger partial charge in [-0.2, -0.15) is 4.52 Å². The third-order valence-corrected chi connectivity index (χ3v) is 6.37. The molecule has 4 aromatic rings. The van der Waals surface area contributed by atoms with E-state index in [0.717, 1.165) is 46.8 Å². The minimum Gasteiger partial charge on any atom is -0.351 e. The molecule has 0 N–H and O–H groups in total. The molecule has 4 heterocycles. The molecule has 8 heteroatoms. The number of aryl methyl sites for hydroxylation is 1. The van der Waals surface area contributed by atoms with Gasteiger partial charge in [0, 0.05) is 49.7 Å². The number of nitrogens with zero attached hydrogens (tertiary/aromatic N) is 7. The van der Waals surface area contributed by atoms with E-state index in [0.29, 0.717) is 6.42 Å². The van der Waals surface area contributed by atoms with Crippen molar-refractivity contribution in [3.63, 3.8) is 0 Å². The van der Waals surface area contributed by atoms with E-state index in [1.54, 1.807) is 0 Å². The van der Waals surface area contributed by atoms with Crippen molar-refractivity contribution in [1.82, 2.24) is 29.3 Å². The van der Waals surface area contributed by atoms with Gasteiger partial charge in [-0.05, 0) is 23.8 Å². The van der Waals surface area contributed by atoms with Gasteiger partial charge in [0.25, 0.3) is 0 Å². The van der Waals surface area contributed by atoms with E-state index in [1.807, 2.05) is 47.8 Å². The molecule has 1 amide bonds.